The Bertz CT molecular complexity index is 394. The molecule has 80 valence electrons. The molecule has 5 heteroatoms. The first-order valence-corrected chi connectivity index (χ1v) is 4.85. The van der Waals surface area contributed by atoms with E-state index in [1.54, 1.807) is 19.2 Å². The summed E-state index contributed by atoms with van der Waals surface area (Å²) in [7, 11) is 1.55. The summed E-state index contributed by atoms with van der Waals surface area (Å²) in [6.45, 7) is 0.337. The normalized spacial score (nSPS) is 19.6. The number of methoxy groups -OCH3 is 1. The Morgan fingerprint density at radius 1 is 1.60 bits per heavy atom. The van der Waals surface area contributed by atoms with Gasteiger partial charge in [0, 0.05) is 0 Å². The summed E-state index contributed by atoms with van der Waals surface area (Å²) in [5.41, 5.74) is 0.919. The summed E-state index contributed by atoms with van der Waals surface area (Å²) in [4.78, 5) is 10.9. The van der Waals surface area contributed by atoms with E-state index in [1.165, 1.54) is 0 Å². The van der Waals surface area contributed by atoms with Gasteiger partial charge in [-0.3, -0.25) is 0 Å². The molecule has 0 radical (unpaired) electrons. The van der Waals surface area contributed by atoms with Gasteiger partial charge in [-0.25, -0.2) is 4.79 Å². The second kappa shape index (κ2) is 3.98. The number of ether oxygens (including phenoxy) is 2. The average Bonchev–Trinajstić information content (AvgIpc) is 2.66. The third kappa shape index (κ3) is 1.99. The van der Waals surface area contributed by atoms with Gasteiger partial charge >= 0.3 is 6.09 Å². The van der Waals surface area contributed by atoms with Gasteiger partial charge < -0.3 is 14.8 Å². The highest BCUT2D eigenvalue weighted by molar-refractivity contribution is 6.32. The number of hydrogen-bond donors (Lipinski definition) is 1. The van der Waals surface area contributed by atoms with E-state index in [0.717, 1.165) is 5.56 Å². The van der Waals surface area contributed by atoms with Crippen LogP contribution in [0.3, 0.4) is 0 Å². The highest BCUT2D eigenvalue weighted by Crippen LogP contribution is 2.28. The Morgan fingerprint density at radius 2 is 2.40 bits per heavy atom. The molecule has 1 aromatic carbocycles. The monoisotopic (exact) mass is 227 g/mol. The second-order valence-electron chi connectivity index (χ2n) is 3.19. The Labute approximate surface area is 92.1 Å². The molecule has 0 spiro atoms. The summed E-state index contributed by atoms with van der Waals surface area (Å²) >= 11 is 5.89. The van der Waals surface area contributed by atoms with Crippen LogP contribution in [0.1, 0.15) is 11.6 Å². The van der Waals surface area contributed by atoms with Gasteiger partial charge in [0.25, 0.3) is 0 Å². The standard InChI is InChI=1S/C10H10ClNO3/c1-14-9-4-6(2-3-7(9)11)8-5-15-10(13)12-8/h2-4,8H,5H2,1H3,(H,12,13). The zero-order chi connectivity index (χ0) is 10.8. The Hall–Kier alpha value is -1.42. The van der Waals surface area contributed by atoms with E-state index in [9.17, 15) is 4.79 Å². The van der Waals surface area contributed by atoms with E-state index >= 15 is 0 Å². The summed E-state index contributed by atoms with van der Waals surface area (Å²) in [5, 5.41) is 3.23. The van der Waals surface area contributed by atoms with Crippen LogP contribution in [0.2, 0.25) is 5.02 Å². The van der Waals surface area contributed by atoms with Gasteiger partial charge in [-0.2, -0.15) is 0 Å². The fourth-order valence-corrected chi connectivity index (χ4v) is 1.65. The van der Waals surface area contributed by atoms with Crippen molar-refractivity contribution in [2.45, 2.75) is 6.04 Å². The van der Waals surface area contributed by atoms with E-state index < -0.39 is 6.09 Å². The topological polar surface area (TPSA) is 47.6 Å². The van der Waals surface area contributed by atoms with Crippen molar-refractivity contribution >= 4 is 17.7 Å². The van der Waals surface area contributed by atoms with E-state index in [2.05, 4.69) is 5.32 Å². The molecular weight excluding hydrogens is 218 g/mol. The molecule has 1 N–H and O–H groups in total. The van der Waals surface area contributed by atoms with Gasteiger partial charge in [0.2, 0.25) is 0 Å². The van der Waals surface area contributed by atoms with Crippen LogP contribution in [0.4, 0.5) is 4.79 Å². The van der Waals surface area contributed by atoms with Crippen LogP contribution in [0.15, 0.2) is 18.2 Å². The van der Waals surface area contributed by atoms with E-state index in [-0.39, 0.29) is 6.04 Å². The number of cyclic esters (lactones) is 1. The maximum Gasteiger partial charge on any atom is 0.407 e. The van der Waals surface area contributed by atoms with Crippen molar-refractivity contribution in [2.75, 3.05) is 13.7 Å². The molecule has 0 aliphatic carbocycles. The van der Waals surface area contributed by atoms with Gasteiger partial charge in [0.1, 0.15) is 12.4 Å². The lowest BCUT2D eigenvalue weighted by Gasteiger charge is -2.10. The van der Waals surface area contributed by atoms with Crippen LogP contribution in [0.25, 0.3) is 0 Å². The summed E-state index contributed by atoms with van der Waals surface area (Å²) in [5.74, 6) is 0.593. The molecule has 2 rings (SSSR count). The number of carbonyl (C=O) groups is 1. The number of hydrogen-bond acceptors (Lipinski definition) is 3. The molecule has 1 unspecified atom stereocenters. The van der Waals surface area contributed by atoms with Crippen molar-refractivity contribution in [3.05, 3.63) is 28.8 Å². The van der Waals surface area contributed by atoms with E-state index in [1.807, 2.05) is 6.07 Å². The number of amides is 1. The molecule has 1 aliphatic heterocycles. The number of halogens is 1. The van der Waals surface area contributed by atoms with Gasteiger partial charge in [-0.1, -0.05) is 17.7 Å². The van der Waals surface area contributed by atoms with Gasteiger partial charge in [-0.15, -0.1) is 0 Å². The van der Waals surface area contributed by atoms with E-state index in [4.69, 9.17) is 21.1 Å². The van der Waals surface area contributed by atoms with Crippen LogP contribution >= 0.6 is 11.6 Å². The van der Waals surface area contributed by atoms with Crippen molar-refractivity contribution in [3.63, 3.8) is 0 Å². The fraction of sp³-hybridized carbons (Fsp3) is 0.300. The van der Waals surface area contributed by atoms with Gasteiger partial charge in [-0.05, 0) is 17.7 Å². The van der Waals surface area contributed by atoms with Crippen molar-refractivity contribution in [1.29, 1.82) is 0 Å². The number of alkyl carbamates (subject to hydrolysis) is 1. The summed E-state index contributed by atoms with van der Waals surface area (Å²) in [6, 6.07) is 5.25. The number of nitrogens with one attached hydrogen (secondary N) is 1. The third-order valence-electron chi connectivity index (χ3n) is 2.25. The fourth-order valence-electron chi connectivity index (χ4n) is 1.46. The summed E-state index contributed by atoms with van der Waals surface area (Å²) in [6.07, 6.45) is -0.395. The molecule has 1 fully saturated rings. The third-order valence-corrected chi connectivity index (χ3v) is 2.56. The predicted octanol–water partition coefficient (Wildman–Crippen LogP) is 2.13. The molecule has 1 amide bonds. The maximum atomic E-state index is 10.9. The Kier molecular flexibility index (Phi) is 2.68. The first-order chi connectivity index (χ1) is 7.20. The van der Waals surface area contributed by atoms with Crippen LogP contribution in [0, 0.1) is 0 Å². The van der Waals surface area contributed by atoms with E-state index in [0.29, 0.717) is 17.4 Å². The maximum absolute atomic E-state index is 10.9. The molecule has 4 nitrogen and oxygen atoms in total. The van der Waals surface area contributed by atoms with Crippen LogP contribution in [-0.2, 0) is 4.74 Å². The average molecular weight is 228 g/mol. The lowest BCUT2D eigenvalue weighted by atomic mass is 10.1. The van der Waals surface area contributed by atoms with Crippen LogP contribution in [-0.4, -0.2) is 19.8 Å². The largest absolute Gasteiger partial charge is 0.495 e. The molecule has 1 atom stereocenters. The van der Waals surface area contributed by atoms with Crippen molar-refractivity contribution < 1.29 is 14.3 Å². The lowest BCUT2D eigenvalue weighted by Crippen LogP contribution is -2.18. The molecule has 1 saturated heterocycles. The van der Waals surface area contributed by atoms with Crippen molar-refractivity contribution in [3.8, 4) is 5.75 Å². The quantitative estimate of drug-likeness (QED) is 0.842. The molecular formula is C10H10ClNO3. The second-order valence-corrected chi connectivity index (χ2v) is 3.60. The highest BCUT2D eigenvalue weighted by Gasteiger charge is 2.24. The first kappa shape index (κ1) is 10.1. The SMILES string of the molecule is COc1cc(C2COC(=O)N2)ccc1Cl. The Balaban J connectivity index is 2.25. The molecule has 1 aromatic rings. The zero-order valence-corrected chi connectivity index (χ0v) is 8.88. The van der Waals surface area contributed by atoms with Crippen molar-refractivity contribution in [1.82, 2.24) is 5.32 Å². The molecule has 0 aromatic heterocycles. The molecule has 15 heavy (non-hydrogen) atoms. The lowest BCUT2D eigenvalue weighted by molar-refractivity contribution is 0.177. The van der Waals surface area contributed by atoms with Gasteiger partial charge in [0.15, 0.2) is 0 Å². The van der Waals surface area contributed by atoms with Crippen LogP contribution < -0.4 is 10.1 Å². The highest BCUT2D eigenvalue weighted by atomic mass is 35.5. The minimum absolute atomic E-state index is 0.122. The molecule has 1 heterocycles. The minimum Gasteiger partial charge on any atom is -0.495 e. The molecule has 0 bridgehead atoms. The number of benzene rings is 1. The minimum atomic E-state index is -0.395. The smallest absolute Gasteiger partial charge is 0.407 e. The first-order valence-electron chi connectivity index (χ1n) is 4.47. The Morgan fingerprint density at radius 3 is 3.00 bits per heavy atom. The molecule has 0 saturated carbocycles. The van der Waals surface area contributed by atoms with Crippen LogP contribution in [0.5, 0.6) is 5.75 Å². The number of carbonyl (C=O) groups excluding carboxylic acids is 1. The zero-order valence-electron chi connectivity index (χ0n) is 8.12. The van der Waals surface area contributed by atoms with Crippen molar-refractivity contribution in [2.24, 2.45) is 0 Å². The number of rotatable bonds is 2. The predicted molar refractivity (Wildman–Crippen MR) is 55.2 cm³/mol. The molecule has 1 aliphatic rings. The van der Waals surface area contributed by atoms with Gasteiger partial charge in [0.05, 0.1) is 18.2 Å². The summed E-state index contributed by atoms with van der Waals surface area (Å²) < 4.78 is 9.89.